The van der Waals surface area contributed by atoms with Gasteiger partial charge in [0.2, 0.25) is 0 Å². The van der Waals surface area contributed by atoms with Gasteiger partial charge in [-0.25, -0.2) is 19.2 Å². The maximum Gasteiger partial charge on any atom is 0.337 e. The number of nitrogens with zero attached hydrogens (tertiary/aromatic N) is 2. The number of benzene rings is 2. The summed E-state index contributed by atoms with van der Waals surface area (Å²) in [4.78, 5) is 20.0. The number of halogens is 2. The molecule has 0 bridgehead atoms. The number of aromatic nitrogens is 2. The lowest BCUT2D eigenvalue weighted by atomic mass is 10.2. The minimum atomic E-state index is -0.407. The van der Waals surface area contributed by atoms with Crippen LogP contribution in [0.4, 0.5) is 15.9 Å². The lowest BCUT2D eigenvalue weighted by Crippen LogP contribution is -2.01. The molecule has 0 unspecified atom stereocenters. The van der Waals surface area contributed by atoms with Crippen LogP contribution in [0.3, 0.4) is 0 Å². The van der Waals surface area contributed by atoms with Crippen LogP contribution in [-0.4, -0.2) is 23.0 Å². The van der Waals surface area contributed by atoms with Crippen molar-refractivity contribution in [2.45, 2.75) is 0 Å². The van der Waals surface area contributed by atoms with Crippen molar-refractivity contribution in [2.75, 3.05) is 12.4 Å². The Morgan fingerprint density at radius 2 is 1.76 bits per heavy atom. The molecule has 7 heteroatoms. The molecule has 0 amide bonds. The van der Waals surface area contributed by atoms with Gasteiger partial charge in [0.05, 0.1) is 12.7 Å². The Morgan fingerprint density at radius 1 is 1.08 bits per heavy atom. The highest BCUT2D eigenvalue weighted by Crippen LogP contribution is 2.23. The molecule has 126 valence electrons. The molecule has 0 saturated heterocycles. The molecule has 1 aromatic heterocycles. The molecular formula is C18H13ClFN3O2. The van der Waals surface area contributed by atoms with E-state index in [0.717, 1.165) is 0 Å². The van der Waals surface area contributed by atoms with Gasteiger partial charge in [0, 0.05) is 17.3 Å². The van der Waals surface area contributed by atoms with Crippen molar-refractivity contribution in [1.82, 2.24) is 9.97 Å². The predicted octanol–water partition coefficient (Wildman–Crippen LogP) is 4.47. The highest BCUT2D eigenvalue weighted by atomic mass is 35.5. The molecule has 5 nitrogen and oxygen atoms in total. The fourth-order valence-corrected chi connectivity index (χ4v) is 2.35. The minimum Gasteiger partial charge on any atom is -0.465 e. The summed E-state index contributed by atoms with van der Waals surface area (Å²) < 4.78 is 17.7. The fraction of sp³-hybridized carbons (Fsp3) is 0.0556. The number of esters is 1. The van der Waals surface area contributed by atoms with Crippen LogP contribution in [0.15, 0.2) is 54.6 Å². The lowest BCUT2D eigenvalue weighted by Gasteiger charge is -2.09. The second-order valence-electron chi connectivity index (χ2n) is 5.10. The number of carbonyl (C=O) groups excluding carboxylic acids is 1. The van der Waals surface area contributed by atoms with Crippen molar-refractivity contribution in [3.8, 4) is 11.4 Å². The normalized spacial score (nSPS) is 10.4. The molecule has 0 atom stereocenters. The number of rotatable bonds is 4. The van der Waals surface area contributed by atoms with E-state index >= 15 is 0 Å². The Hall–Kier alpha value is -2.99. The first-order valence-electron chi connectivity index (χ1n) is 7.31. The quantitative estimate of drug-likeness (QED) is 0.551. The Morgan fingerprint density at radius 3 is 2.40 bits per heavy atom. The summed E-state index contributed by atoms with van der Waals surface area (Å²) in [5.74, 6) is 0.108. The summed E-state index contributed by atoms with van der Waals surface area (Å²) in [6.45, 7) is 0. The Balaban J connectivity index is 1.85. The van der Waals surface area contributed by atoms with Gasteiger partial charge in [-0.2, -0.15) is 0 Å². The molecule has 1 heterocycles. The van der Waals surface area contributed by atoms with Crippen molar-refractivity contribution < 1.29 is 13.9 Å². The number of anilines is 2. The van der Waals surface area contributed by atoms with Crippen molar-refractivity contribution in [3.63, 3.8) is 0 Å². The zero-order valence-electron chi connectivity index (χ0n) is 13.2. The van der Waals surface area contributed by atoms with Gasteiger partial charge < -0.3 is 10.1 Å². The second kappa shape index (κ2) is 7.27. The van der Waals surface area contributed by atoms with E-state index in [1.165, 1.54) is 19.2 Å². The lowest BCUT2D eigenvalue weighted by molar-refractivity contribution is 0.0601. The van der Waals surface area contributed by atoms with E-state index in [4.69, 9.17) is 11.6 Å². The molecule has 0 spiro atoms. The molecular weight excluding hydrogens is 345 g/mol. The predicted molar refractivity (Wildman–Crippen MR) is 93.5 cm³/mol. The van der Waals surface area contributed by atoms with Crippen LogP contribution in [0, 0.1) is 5.82 Å². The van der Waals surface area contributed by atoms with Crippen LogP contribution < -0.4 is 5.32 Å². The van der Waals surface area contributed by atoms with Crippen molar-refractivity contribution >= 4 is 29.1 Å². The number of nitrogens with one attached hydrogen (secondary N) is 1. The van der Waals surface area contributed by atoms with Gasteiger partial charge in [-0.15, -0.1) is 0 Å². The molecule has 2 aromatic carbocycles. The van der Waals surface area contributed by atoms with Crippen LogP contribution in [0.2, 0.25) is 5.15 Å². The summed E-state index contributed by atoms with van der Waals surface area (Å²) in [7, 11) is 1.33. The molecule has 3 aromatic rings. The smallest absolute Gasteiger partial charge is 0.337 e. The third kappa shape index (κ3) is 4.10. The van der Waals surface area contributed by atoms with E-state index in [2.05, 4.69) is 20.0 Å². The summed E-state index contributed by atoms with van der Waals surface area (Å²) in [6.07, 6.45) is 0. The van der Waals surface area contributed by atoms with E-state index in [-0.39, 0.29) is 11.0 Å². The van der Waals surface area contributed by atoms with Gasteiger partial charge in [0.1, 0.15) is 16.8 Å². The number of ether oxygens (including phenoxy) is 1. The van der Waals surface area contributed by atoms with Crippen molar-refractivity contribution in [1.29, 1.82) is 0 Å². The summed E-state index contributed by atoms with van der Waals surface area (Å²) in [5, 5.41) is 3.34. The number of carbonyl (C=O) groups is 1. The average Bonchev–Trinajstić information content (AvgIpc) is 2.62. The molecule has 0 aliphatic heterocycles. The van der Waals surface area contributed by atoms with Crippen LogP contribution in [0.1, 0.15) is 10.4 Å². The first kappa shape index (κ1) is 16.9. The SMILES string of the molecule is COC(=O)c1ccc(Nc2cc(Cl)nc(-c3ccc(F)cc3)n2)cc1. The largest absolute Gasteiger partial charge is 0.465 e. The number of hydrogen-bond donors (Lipinski definition) is 1. The first-order chi connectivity index (χ1) is 12.0. The van der Waals surface area contributed by atoms with Gasteiger partial charge >= 0.3 is 5.97 Å². The van der Waals surface area contributed by atoms with Gasteiger partial charge in [0.15, 0.2) is 5.82 Å². The monoisotopic (exact) mass is 357 g/mol. The minimum absolute atomic E-state index is 0.253. The maximum atomic E-state index is 13.1. The van der Waals surface area contributed by atoms with Crippen LogP contribution in [0.5, 0.6) is 0 Å². The third-order valence-electron chi connectivity index (χ3n) is 3.38. The molecule has 0 saturated carbocycles. The number of methoxy groups -OCH3 is 1. The van der Waals surface area contributed by atoms with Gasteiger partial charge in [-0.05, 0) is 48.5 Å². The van der Waals surface area contributed by atoms with Gasteiger partial charge in [-0.1, -0.05) is 11.6 Å². The van der Waals surface area contributed by atoms with E-state index in [1.807, 2.05) is 0 Å². The molecule has 0 radical (unpaired) electrons. The van der Waals surface area contributed by atoms with Crippen molar-refractivity contribution in [2.24, 2.45) is 0 Å². The standard InChI is InChI=1S/C18H13ClFN3O2/c1-25-18(24)12-4-8-14(9-5-12)21-16-10-15(19)22-17(23-16)11-2-6-13(20)7-3-11/h2-10H,1H3,(H,21,22,23). The van der Waals surface area contributed by atoms with E-state index < -0.39 is 5.97 Å². The highest BCUT2D eigenvalue weighted by Gasteiger charge is 2.08. The molecule has 25 heavy (non-hydrogen) atoms. The first-order valence-corrected chi connectivity index (χ1v) is 7.69. The Bertz CT molecular complexity index is 899. The Kier molecular flexibility index (Phi) is 4.90. The average molecular weight is 358 g/mol. The van der Waals surface area contributed by atoms with Crippen LogP contribution in [-0.2, 0) is 4.74 Å². The molecule has 3 rings (SSSR count). The topological polar surface area (TPSA) is 64.1 Å². The molecule has 0 fully saturated rings. The van der Waals surface area contributed by atoms with Crippen molar-refractivity contribution in [3.05, 3.63) is 71.1 Å². The molecule has 0 aliphatic rings. The summed E-state index contributed by atoms with van der Waals surface area (Å²) in [6, 6.07) is 14.1. The summed E-state index contributed by atoms with van der Waals surface area (Å²) in [5.41, 5.74) is 1.81. The van der Waals surface area contributed by atoms with Gasteiger partial charge in [-0.3, -0.25) is 0 Å². The van der Waals surface area contributed by atoms with E-state index in [1.54, 1.807) is 42.5 Å². The fourth-order valence-electron chi connectivity index (χ4n) is 2.17. The highest BCUT2D eigenvalue weighted by molar-refractivity contribution is 6.29. The molecule has 1 N–H and O–H groups in total. The third-order valence-corrected chi connectivity index (χ3v) is 3.57. The van der Waals surface area contributed by atoms with Gasteiger partial charge in [0.25, 0.3) is 0 Å². The van der Waals surface area contributed by atoms with E-state index in [0.29, 0.717) is 28.5 Å². The zero-order valence-corrected chi connectivity index (χ0v) is 13.9. The van der Waals surface area contributed by atoms with E-state index in [9.17, 15) is 9.18 Å². The maximum absolute atomic E-state index is 13.1. The Labute approximate surface area is 148 Å². The number of hydrogen-bond acceptors (Lipinski definition) is 5. The van der Waals surface area contributed by atoms with Crippen LogP contribution >= 0.6 is 11.6 Å². The molecule has 0 aliphatic carbocycles. The second-order valence-corrected chi connectivity index (χ2v) is 5.49. The zero-order chi connectivity index (χ0) is 17.8. The van der Waals surface area contributed by atoms with Crippen LogP contribution in [0.25, 0.3) is 11.4 Å². The summed E-state index contributed by atoms with van der Waals surface area (Å²) >= 11 is 6.06.